The van der Waals surface area contributed by atoms with Crippen molar-refractivity contribution in [1.29, 1.82) is 0 Å². The molecule has 3 aromatic carbocycles. The fourth-order valence-corrected chi connectivity index (χ4v) is 6.00. The van der Waals surface area contributed by atoms with Crippen LogP contribution < -0.4 is 10.5 Å². The molecule has 0 radical (unpaired) electrons. The van der Waals surface area contributed by atoms with Crippen LogP contribution in [0.25, 0.3) is 38.4 Å². The van der Waals surface area contributed by atoms with E-state index in [0.29, 0.717) is 35.0 Å². The Kier molecular flexibility index (Phi) is 6.09. The van der Waals surface area contributed by atoms with Crippen molar-refractivity contribution in [2.45, 2.75) is 6.92 Å². The number of hydrogen-bond donors (Lipinski definition) is 0. The molecule has 0 bridgehead atoms. The molecule has 1 saturated heterocycles. The summed E-state index contributed by atoms with van der Waals surface area (Å²) >= 11 is 7.86. The minimum Gasteiger partial charge on any atom is -0.378 e. The zero-order valence-electron chi connectivity index (χ0n) is 19.8. The number of nitrogens with zero attached hydrogens (tertiary/aromatic N) is 3. The highest BCUT2D eigenvalue weighted by Crippen LogP contribution is 2.43. The smallest absolute Gasteiger partial charge is 0.266 e. The zero-order valence-corrected chi connectivity index (χ0v) is 21.4. The molecule has 0 N–H and O–H groups in total. The largest absolute Gasteiger partial charge is 0.378 e. The molecule has 180 valence electrons. The molecule has 0 unspecified atom stereocenters. The minimum atomic E-state index is -0.0701. The lowest BCUT2D eigenvalue weighted by Crippen LogP contribution is -2.35. The normalized spacial score (nSPS) is 13.9. The second kappa shape index (κ2) is 9.54. The molecule has 2 aromatic heterocycles. The Hall–Kier alpha value is -3.45. The molecule has 6 rings (SSSR count). The number of rotatable bonds is 4. The first-order valence-corrected chi connectivity index (χ1v) is 13.1. The summed E-state index contributed by atoms with van der Waals surface area (Å²) in [5.74, 6) is 0.646. The van der Waals surface area contributed by atoms with Crippen molar-refractivity contribution in [2.75, 3.05) is 31.2 Å². The molecule has 0 spiro atoms. The third kappa shape index (κ3) is 4.11. The van der Waals surface area contributed by atoms with Crippen LogP contribution in [0.4, 0.5) is 5.00 Å². The average Bonchev–Trinajstić information content (AvgIpc) is 3.36. The molecule has 3 heterocycles. The molecule has 0 saturated carbocycles. The van der Waals surface area contributed by atoms with E-state index in [2.05, 4.69) is 11.0 Å². The number of halogens is 1. The highest BCUT2D eigenvalue weighted by molar-refractivity contribution is 7.20. The number of morpholine rings is 1. The van der Waals surface area contributed by atoms with E-state index in [9.17, 15) is 4.79 Å². The fraction of sp³-hybridized carbons (Fsp3) is 0.172. The van der Waals surface area contributed by atoms with Crippen molar-refractivity contribution in [2.24, 2.45) is 0 Å². The molecular formula is C29H24ClN3O2S. The van der Waals surface area contributed by atoms with Crippen molar-refractivity contribution in [3.8, 4) is 27.5 Å². The lowest BCUT2D eigenvalue weighted by atomic mass is 10.1. The topological polar surface area (TPSA) is 47.4 Å². The Bertz CT molecular complexity index is 1620. The van der Waals surface area contributed by atoms with Crippen LogP contribution in [0.1, 0.15) is 5.56 Å². The molecule has 0 aliphatic carbocycles. The Labute approximate surface area is 218 Å². The predicted molar refractivity (Wildman–Crippen MR) is 149 cm³/mol. The molecule has 0 atom stereocenters. The van der Waals surface area contributed by atoms with Crippen LogP contribution in [0.2, 0.25) is 5.02 Å². The van der Waals surface area contributed by atoms with Gasteiger partial charge in [0.25, 0.3) is 5.56 Å². The van der Waals surface area contributed by atoms with Gasteiger partial charge in [-0.3, -0.25) is 9.36 Å². The van der Waals surface area contributed by atoms with Crippen LogP contribution in [0, 0.1) is 6.92 Å². The lowest BCUT2D eigenvalue weighted by molar-refractivity contribution is 0.123. The van der Waals surface area contributed by atoms with E-state index in [4.69, 9.17) is 21.3 Å². The van der Waals surface area contributed by atoms with Gasteiger partial charge in [0.05, 0.1) is 39.7 Å². The fourth-order valence-electron chi connectivity index (χ4n) is 4.67. The van der Waals surface area contributed by atoms with Gasteiger partial charge in [0.15, 0.2) is 5.82 Å². The van der Waals surface area contributed by atoms with E-state index in [0.717, 1.165) is 45.3 Å². The van der Waals surface area contributed by atoms with E-state index in [1.165, 1.54) is 0 Å². The second-order valence-electron chi connectivity index (χ2n) is 8.82. The lowest BCUT2D eigenvalue weighted by Gasteiger charge is -2.28. The number of benzene rings is 3. The average molecular weight is 514 g/mol. The van der Waals surface area contributed by atoms with Gasteiger partial charge in [-0.1, -0.05) is 54.1 Å². The number of fused-ring (bicyclic) bond motifs is 1. The highest BCUT2D eigenvalue weighted by Gasteiger charge is 2.23. The number of ether oxygens (including phenoxy) is 1. The summed E-state index contributed by atoms with van der Waals surface area (Å²) in [4.78, 5) is 22.2. The third-order valence-electron chi connectivity index (χ3n) is 6.52. The van der Waals surface area contributed by atoms with Gasteiger partial charge in [0.1, 0.15) is 0 Å². The van der Waals surface area contributed by atoms with Crippen LogP contribution >= 0.6 is 22.9 Å². The number of para-hydroxylation sites is 2. The van der Waals surface area contributed by atoms with Gasteiger partial charge in [-0.15, -0.1) is 11.3 Å². The van der Waals surface area contributed by atoms with E-state index >= 15 is 0 Å². The predicted octanol–water partition coefficient (Wildman–Crippen LogP) is 6.58. The number of anilines is 1. The SMILES string of the molecule is Cc1ccccc1-n1c(-c2cc(-c3ccc(Cl)cc3)c(N3CCOCC3)s2)nc2ccccc2c1=O. The third-order valence-corrected chi connectivity index (χ3v) is 7.96. The summed E-state index contributed by atoms with van der Waals surface area (Å²) in [6, 6.07) is 25.6. The van der Waals surface area contributed by atoms with Gasteiger partial charge in [0.2, 0.25) is 0 Å². The molecule has 36 heavy (non-hydrogen) atoms. The first kappa shape index (κ1) is 23.0. The highest BCUT2D eigenvalue weighted by atomic mass is 35.5. The maximum atomic E-state index is 13.9. The summed E-state index contributed by atoms with van der Waals surface area (Å²) in [6.45, 7) is 5.03. The van der Waals surface area contributed by atoms with E-state index in [1.54, 1.807) is 15.9 Å². The van der Waals surface area contributed by atoms with Crippen molar-refractivity contribution in [3.05, 3.63) is 99.8 Å². The van der Waals surface area contributed by atoms with Crippen molar-refractivity contribution in [1.82, 2.24) is 9.55 Å². The Balaban J connectivity index is 1.63. The maximum Gasteiger partial charge on any atom is 0.266 e. The van der Waals surface area contributed by atoms with Gasteiger partial charge in [-0.2, -0.15) is 0 Å². The van der Waals surface area contributed by atoms with Crippen LogP contribution in [0.5, 0.6) is 0 Å². The molecule has 1 aliphatic rings. The number of aromatic nitrogens is 2. The monoisotopic (exact) mass is 513 g/mol. The second-order valence-corrected chi connectivity index (χ2v) is 10.3. The maximum absolute atomic E-state index is 13.9. The van der Waals surface area contributed by atoms with Crippen molar-refractivity contribution < 1.29 is 4.74 Å². The summed E-state index contributed by atoms with van der Waals surface area (Å²) < 4.78 is 7.38. The molecule has 5 nitrogen and oxygen atoms in total. The first-order valence-electron chi connectivity index (χ1n) is 11.9. The quantitative estimate of drug-likeness (QED) is 0.272. The molecule has 7 heteroatoms. The van der Waals surface area contributed by atoms with Crippen LogP contribution in [-0.4, -0.2) is 35.9 Å². The first-order chi connectivity index (χ1) is 17.6. The van der Waals surface area contributed by atoms with E-state index in [1.807, 2.05) is 79.7 Å². The Morgan fingerprint density at radius 3 is 2.44 bits per heavy atom. The summed E-state index contributed by atoms with van der Waals surface area (Å²) in [5.41, 5.74) is 4.66. The minimum absolute atomic E-state index is 0.0701. The Morgan fingerprint density at radius 2 is 1.67 bits per heavy atom. The summed E-state index contributed by atoms with van der Waals surface area (Å²) in [7, 11) is 0. The standard InChI is InChI=1S/C29H24ClN3O2S/c1-19-6-2-5-9-25(19)33-27(31-24-8-4-3-7-22(24)28(33)34)26-18-23(20-10-12-21(30)13-11-20)29(36-26)32-14-16-35-17-15-32/h2-13,18H,14-17H2,1H3. The van der Waals surface area contributed by atoms with Gasteiger partial charge in [-0.25, -0.2) is 4.98 Å². The van der Waals surface area contributed by atoms with Gasteiger partial charge < -0.3 is 9.64 Å². The van der Waals surface area contributed by atoms with Crippen LogP contribution in [0.3, 0.4) is 0 Å². The van der Waals surface area contributed by atoms with E-state index in [-0.39, 0.29) is 5.56 Å². The van der Waals surface area contributed by atoms with Gasteiger partial charge >= 0.3 is 0 Å². The summed E-state index contributed by atoms with van der Waals surface area (Å²) in [5, 5.41) is 2.45. The van der Waals surface area contributed by atoms with Gasteiger partial charge in [-0.05, 0) is 54.4 Å². The zero-order chi connectivity index (χ0) is 24.6. The van der Waals surface area contributed by atoms with Crippen molar-refractivity contribution in [3.63, 3.8) is 0 Å². The van der Waals surface area contributed by atoms with E-state index < -0.39 is 0 Å². The van der Waals surface area contributed by atoms with Crippen molar-refractivity contribution >= 4 is 38.8 Å². The molecule has 5 aromatic rings. The Morgan fingerprint density at radius 1 is 0.944 bits per heavy atom. The number of hydrogen-bond acceptors (Lipinski definition) is 5. The molecular weight excluding hydrogens is 490 g/mol. The number of thiophene rings is 1. The molecule has 1 aliphatic heterocycles. The number of aryl methyl sites for hydroxylation is 1. The molecule has 0 amide bonds. The summed E-state index contributed by atoms with van der Waals surface area (Å²) in [6.07, 6.45) is 0. The van der Waals surface area contributed by atoms with Crippen LogP contribution in [0.15, 0.2) is 83.7 Å². The van der Waals surface area contributed by atoms with Gasteiger partial charge in [0, 0.05) is 23.7 Å². The van der Waals surface area contributed by atoms with Crippen LogP contribution in [-0.2, 0) is 4.74 Å². The molecule has 1 fully saturated rings.